The molecule has 0 aliphatic carbocycles. The lowest BCUT2D eigenvalue weighted by Crippen LogP contribution is -1.98. The SMILES string of the molecule is CCn1ccc(CNc2ccc([N+](=O)[O-])cc2)c1. The van der Waals surface area contributed by atoms with Gasteiger partial charge in [0.25, 0.3) is 5.69 Å². The van der Waals surface area contributed by atoms with E-state index in [9.17, 15) is 10.1 Å². The maximum absolute atomic E-state index is 10.5. The van der Waals surface area contributed by atoms with Crippen LogP contribution in [0.2, 0.25) is 0 Å². The molecule has 5 nitrogen and oxygen atoms in total. The van der Waals surface area contributed by atoms with Crippen molar-refractivity contribution in [2.75, 3.05) is 5.32 Å². The predicted octanol–water partition coefficient (Wildman–Crippen LogP) is 3.03. The fraction of sp³-hybridized carbons (Fsp3) is 0.231. The molecular formula is C13H15N3O2. The van der Waals surface area contributed by atoms with E-state index < -0.39 is 4.92 Å². The molecule has 0 bridgehead atoms. The van der Waals surface area contributed by atoms with Gasteiger partial charge in [-0.1, -0.05) is 0 Å². The number of hydrogen-bond acceptors (Lipinski definition) is 3. The standard InChI is InChI=1S/C13H15N3O2/c1-2-15-8-7-11(10-15)9-14-12-3-5-13(6-4-12)16(17)18/h3-8,10,14H,2,9H2,1H3. The van der Waals surface area contributed by atoms with Crippen LogP contribution in [-0.2, 0) is 13.1 Å². The van der Waals surface area contributed by atoms with E-state index in [-0.39, 0.29) is 5.69 Å². The first kappa shape index (κ1) is 12.2. The molecule has 0 spiro atoms. The summed E-state index contributed by atoms with van der Waals surface area (Å²) in [6.07, 6.45) is 4.12. The third-order valence-electron chi connectivity index (χ3n) is 2.75. The molecule has 0 aliphatic rings. The first-order valence-electron chi connectivity index (χ1n) is 5.82. The summed E-state index contributed by atoms with van der Waals surface area (Å²) in [5.74, 6) is 0. The number of nitrogens with one attached hydrogen (secondary N) is 1. The largest absolute Gasteiger partial charge is 0.381 e. The molecule has 0 saturated carbocycles. The van der Waals surface area contributed by atoms with Crippen LogP contribution in [0.25, 0.3) is 0 Å². The van der Waals surface area contributed by atoms with Crippen LogP contribution in [0.3, 0.4) is 0 Å². The van der Waals surface area contributed by atoms with Gasteiger partial charge in [0.05, 0.1) is 4.92 Å². The molecule has 0 radical (unpaired) electrons. The highest BCUT2D eigenvalue weighted by Gasteiger charge is 2.03. The van der Waals surface area contributed by atoms with Gasteiger partial charge in [-0.3, -0.25) is 10.1 Å². The van der Waals surface area contributed by atoms with Crippen LogP contribution in [-0.4, -0.2) is 9.49 Å². The Bertz CT molecular complexity index is 531. The Kier molecular flexibility index (Phi) is 3.62. The average molecular weight is 245 g/mol. The van der Waals surface area contributed by atoms with Crippen LogP contribution in [0.5, 0.6) is 0 Å². The molecular weight excluding hydrogens is 230 g/mol. The lowest BCUT2D eigenvalue weighted by Gasteiger charge is -2.04. The van der Waals surface area contributed by atoms with Gasteiger partial charge in [-0.2, -0.15) is 0 Å². The number of nitro benzene ring substituents is 1. The topological polar surface area (TPSA) is 60.1 Å². The maximum atomic E-state index is 10.5. The fourth-order valence-electron chi connectivity index (χ4n) is 1.70. The highest BCUT2D eigenvalue weighted by Crippen LogP contribution is 2.16. The Hall–Kier alpha value is -2.30. The van der Waals surface area contributed by atoms with Gasteiger partial charge in [-0.25, -0.2) is 0 Å². The van der Waals surface area contributed by atoms with Crippen LogP contribution >= 0.6 is 0 Å². The van der Waals surface area contributed by atoms with E-state index in [4.69, 9.17) is 0 Å². The minimum absolute atomic E-state index is 0.109. The van der Waals surface area contributed by atoms with Gasteiger partial charge < -0.3 is 9.88 Å². The average Bonchev–Trinajstić information content (AvgIpc) is 2.85. The molecule has 18 heavy (non-hydrogen) atoms. The van der Waals surface area contributed by atoms with E-state index in [1.54, 1.807) is 12.1 Å². The van der Waals surface area contributed by atoms with E-state index >= 15 is 0 Å². The quantitative estimate of drug-likeness (QED) is 0.650. The Balaban J connectivity index is 1.95. The Labute approximate surface area is 105 Å². The van der Waals surface area contributed by atoms with Gasteiger partial charge in [-0.05, 0) is 30.7 Å². The first-order valence-corrected chi connectivity index (χ1v) is 5.82. The van der Waals surface area contributed by atoms with E-state index in [1.807, 2.05) is 6.20 Å². The summed E-state index contributed by atoms with van der Waals surface area (Å²) in [4.78, 5) is 10.1. The lowest BCUT2D eigenvalue weighted by atomic mass is 10.2. The van der Waals surface area contributed by atoms with Crippen molar-refractivity contribution in [3.8, 4) is 0 Å². The molecule has 94 valence electrons. The molecule has 1 N–H and O–H groups in total. The van der Waals surface area contributed by atoms with Gasteiger partial charge in [0.2, 0.25) is 0 Å². The number of benzene rings is 1. The molecule has 1 heterocycles. The van der Waals surface area contributed by atoms with Crippen molar-refractivity contribution in [2.24, 2.45) is 0 Å². The molecule has 0 unspecified atom stereocenters. The molecule has 0 aliphatic heterocycles. The number of nitro groups is 1. The molecule has 0 fully saturated rings. The number of nitrogens with zero attached hydrogens (tertiary/aromatic N) is 2. The number of aryl methyl sites for hydroxylation is 1. The summed E-state index contributed by atoms with van der Waals surface area (Å²) < 4.78 is 2.10. The molecule has 5 heteroatoms. The van der Waals surface area contributed by atoms with E-state index in [2.05, 4.69) is 29.1 Å². The number of rotatable bonds is 5. The Morgan fingerprint density at radius 2 is 2.00 bits per heavy atom. The monoisotopic (exact) mass is 245 g/mol. The number of non-ortho nitro benzene ring substituents is 1. The zero-order valence-corrected chi connectivity index (χ0v) is 10.2. The summed E-state index contributed by atoms with van der Waals surface area (Å²) in [7, 11) is 0. The number of aromatic nitrogens is 1. The minimum atomic E-state index is -0.398. The van der Waals surface area contributed by atoms with Crippen LogP contribution in [0, 0.1) is 10.1 Å². The molecule has 1 aromatic carbocycles. The summed E-state index contributed by atoms with van der Waals surface area (Å²) in [5.41, 5.74) is 2.18. The van der Waals surface area contributed by atoms with Gasteiger partial charge >= 0.3 is 0 Å². The lowest BCUT2D eigenvalue weighted by molar-refractivity contribution is -0.384. The van der Waals surface area contributed by atoms with Crippen molar-refractivity contribution < 1.29 is 4.92 Å². The molecule has 2 aromatic rings. The summed E-state index contributed by atoms with van der Waals surface area (Å²) in [5, 5.41) is 13.7. The van der Waals surface area contributed by atoms with Crippen LogP contribution in [0.15, 0.2) is 42.7 Å². The van der Waals surface area contributed by atoms with Crippen molar-refractivity contribution in [2.45, 2.75) is 20.0 Å². The minimum Gasteiger partial charge on any atom is -0.381 e. The van der Waals surface area contributed by atoms with Gasteiger partial charge in [0.1, 0.15) is 0 Å². The normalized spacial score (nSPS) is 10.3. The van der Waals surface area contributed by atoms with Crippen molar-refractivity contribution in [3.63, 3.8) is 0 Å². The maximum Gasteiger partial charge on any atom is 0.269 e. The summed E-state index contributed by atoms with van der Waals surface area (Å²) in [6, 6.07) is 8.49. The third-order valence-corrected chi connectivity index (χ3v) is 2.75. The number of anilines is 1. The van der Waals surface area contributed by atoms with Gasteiger partial charge in [0.15, 0.2) is 0 Å². The second kappa shape index (κ2) is 5.35. The highest BCUT2D eigenvalue weighted by atomic mass is 16.6. The Morgan fingerprint density at radius 3 is 2.56 bits per heavy atom. The van der Waals surface area contributed by atoms with Gasteiger partial charge in [0, 0.05) is 43.3 Å². The van der Waals surface area contributed by atoms with E-state index in [0.717, 1.165) is 12.2 Å². The zero-order chi connectivity index (χ0) is 13.0. The number of hydrogen-bond donors (Lipinski definition) is 1. The van der Waals surface area contributed by atoms with E-state index in [0.29, 0.717) is 6.54 Å². The first-order chi connectivity index (χ1) is 8.69. The second-order valence-electron chi connectivity index (χ2n) is 4.01. The molecule has 1 aromatic heterocycles. The van der Waals surface area contributed by atoms with E-state index in [1.165, 1.54) is 17.7 Å². The van der Waals surface area contributed by atoms with Crippen LogP contribution in [0.1, 0.15) is 12.5 Å². The third kappa shape index (κ3) is 2.88. The van der Waals surface area contributed by atoms with Crippen LogP contribution in [0.4, 0.5) is 11.4 Å². The van der Waals surface area contributed by atoms with Crippen molar-refractivity contribution in [1.29, 1.82) is 0 Å². The molecule has 2 rings (SSSR count). The molecule has 0 atom stereocenters. The summed E-state index contributed by atoms with van der Waals surface area (Å²) in [6.45, 7) is 3.76. The smallest absolute Gasteiger partial charge is 0.269 e. The second-order valence-corrected chi connectivity index (χ2v) is 4.01. The Morgan fingerprint density at radius 1 is 1.28 bits per heavy atom. The van der Waals surface area contributed by atoms with Gasteiger partial charge in [-0.15, -0.1) is 0 Å². The predicted molar refractivity (Wildman–Crippen MR) is 70.5 cm³/mol. The van der Waals surface area contributed by atoms with Crippen molar-refractivity contribution >= 4 is 11.4 Å². The van der Waals surface area contributed by atoms with Crippen LogP contribution < -0.4 is 5.32 Å². The molecule has 0 amide bonds. The highest BCUT2D eigenvalue weighted by molar-refractivity contribution is 5.48. The fourth-order valence-corrected chi connectivity index (χ4v) is 1.70. The van der Waals surface area contributed by atoms with Crippen molar-refractivity contribution in [1.82, 2.24) is 4.57 Å². The summed E-state index contributed by atoms with van der Waals surface area (Å²) >= 11 is 0. The van der Waals surface area contributed by atoms with Crippen molar-refractivity contribution in [3.05, 3.63) is 58.4 Å². The zero-order valence-electron chi connectivity index (χ0n) is 10.2. The molecule has 0 saturated heterocycles.